The fourth-order valence-corrected chi connectivity index (χ4v) is 8.18. The minimum absolute atomic E-state index is 0.619. The molecule has 5 heteroatoms. The Morgan fingerprint density at radius 2 is 0.964 bits per heavy atom. The molecule has 0 aliphatic carbocycles. The number of hydrogen-bond donors (Lipinski definition) is 0. The fraction of sp³-hybridized carbons (Fsp3) is 0. The van der Waals surface area contributed by atoms with Crippen LogP contribution in [-0.2, 0) is 0 Å². The SMILES string of the molecule is N#Cc1ccc2nc3c(cc(-c4ccc(-c5ccc(-c6ccc(-c7ccc8ccc9cccnc9c8n7)cc6)c6ccccc56)cc4)c4cccnc43)cc2c1. The highest BCUT2D eigenvalue weighted by molar-refractivity contribution is 6.13. The smallest absolute Gasteiger partial charge is 0.0991 e. The molecule has 0 atom stereocenters. The average Bonchev–Trinajstić information content (AvgIpc) is 3.27. The predicted octanol–water partition coefficient (Wildman–Crippen LogP) is 12.7. The van der Waals surface area contributed by atoms with E-state index in [9.17, 15) is 5.26 Å². The van der Waals surface area contributed by atoms with Gasteiger partial charge in [0.25, 0.3) is 0 Å². The molecule has 0 saturated carbocycles. The molecule has 0 N–H and O–H groups in total. The second-order valence-electron chi connectivity index (χ2n) is 14.2. The zero-order valence-corrected chi connectivity index (χ0v) is 30.0. The van der Waals surface area contributed by atoms with E-state index in [2.05, 4.69) is 145 Å². The van der Waals surface area contributed by atoms with Crippen molar-refractivity contribution in [3.8, 4) is 50.7 Å². The van der Waals surface area contributed by atoms with Gasteiger partial charge in [-0.2, -0.15) is 5.26 Å². The molecule has 0 aliphatic heterocycles. The molecule has 4 aromatic heterocycles. The molecule has 11 aromatic rings. The number of aromatic nitrogens is 4. The largest absolute Gasteiger partial charge is 0.254 e. The van der Waals surface area contributed by atoms with E-state index >= 15 is 0 Å². The Hall–Kier alpha value is -7.81. The van der Waals surface area contributed by atoms with Crippen LogP contribution in [0.15, 0.2) is 176 Å². The van der Waals surface area contributed by atoms with Gasteiger partial charge in [-0.3, -0.25) is 9.97 Å². The Bertz CT molecular complexity index is 3420. The third-order valence-corrected chi connectivity index (χ3v) is 11.0. The molecule has 0 fully saturated rings. The highest BCUT2D eigenvalue weighted by atomic mass is 14.8. The Morgan fingerprint density at radius 3 is 1.68 bits per heavy atom. The van der Waals surface area contributed by atoms with E-state index < -0.39 is 0 Å². The van der Waals surface area contributed by atoms with E-state index in [0.29, 0.717) is 5.56 Å². The molecule has 56 heavy (non-hydrogen) atoms. The van der Waals surface area contributed by atoms with Crippen LogP contribution in [-0.4, -0.2) is 19.9 Å². The lowest BCUT2D eigenvalue weighted by molar-refractivity contribution is 1.37. The molecule has 0 aliphatic rings. The molecule has 7 aromatic carbocycles. The summed E-state index contributed by atoms with van der Waals surface area (Å²) >= 11 is 0. The van der Waals surface area contributed by atoms with E-state index in [1.165, 1.54) is 21.9 Å². The van der Waals surface area contributed by atoms with E-state index in [4.69, 9.17) is 15.0 Å². The van der Waals surface area contributed by atoms with Gasteiger partial charge in [0.05, 0.1) is 44.9 Å². The van der Waals surface area contributed by atoms with E-state index in [-0.39, 0.29) is 0 Å². The first-order chi connectivity index (χ1) is 27.7. The van der Waals surface area contributed by atoms with Crippen molar-refractivity contribution in [2.24, 2.45) is 0 Å². The van der Waals surface area contributed by atoms with Crippen LogP contribution in [0.4, 0.5) is 0 Å². The quantitative estimate of drug-likeness (QED) is 0.134. The molecule has 0 radical (unpaired) electrons. The zero-order valence-electron chi connectivity index (χ0n) is 30.0. The summed E-state index contributed by atoms with van der Waals surface area (Å²) in [7, 11) is 0. The highest BCUT2D eigenvalue weighted by Crippen LogP contribution is 2.39. The van der Waals surface area contributed by atoms with Crippen molar-refractivity contribution in [1.29, 1.82) is 5.26 Å². The van der Waals surface area contributed by atoms with Crippen molar-refractivity contribution in [2.45, 2.75) is 0 Å². The summed E-state index contributed by atoms with van der Waals surface area (Å²) < 4.78 is 0. The molecule has 5 nitrogen and oxygen atoms in total. The van der Waals surface area contributed by atoms with Crippen LogP contribution in [0.25, 0.3) is 110 Å². The van der Waals surface area contributed by atoms with Crippen molar-refractivity contribution in [3.05, 3.63) is 182 Å². The number of benzene rings is 7. The monoisotopic (exact) mass is 711 g/mol. The van der Waals surface area contributed by atoms with Gasteiger partial charge in [0, 0.05) is 44.9 Å². The molecule has 0 saturated heterocycles. The lowest BCUT2D eigenvalue weighted by Gasteiger charge is -2.14. The van der Waals surface area contributed by atoms with Gasteiger partial charge in [0.15, 0.2) is 0 Å². The maximum atomic E-state index is 9.48. The van der Waals surface area contributed by atoms with Gasteiger partial charge in [-0.1, -0.05) is 115 Å². The van der Waals surface area contributed by atoms with Crippen LogP contribution in [0.1, 0.15) is 5.56 Å². The minimum Gasteiger partial charge on any atom is -0.254 e. The van der Waals surface area contributed by atoms with Crippen LogP contribution in [0.5, 0.6) is 0 Å². The summed E-state index contributed by atoms with van der Waals surface area (Å²) in [4.78, 5) is 19.5. The molecule has 0 amide bonds. The third-order valence-electron chi connectivity index (χ3n) is 11.0. The van der Waals surface area contributed by atoms with Crippen LogP contribution in [0.2, 0.25) is 0 Å². The number of fused-ring (bicyclic) bond motifs is 8. The van der Waals surface area contributed by atoms with Crippen LogP contribution >= 0.6 is 0 Å². The summed E-state index contributed by atoms with van der Waals surface area (Å²) in [5.41, 5.74) is 13.9. The van der Waals surface area contributed by atoms with E-state index in [1.807, 2.05) is 42.7 Å². The Kier molecular flexibility index (Phi) is 7.16. The lowest BCUT2D eigenvalue weighted by Crippen LogP contribution is -1.91. The zero-order chi connectivity index (χ0) is 37.2. The van der Waals surface area contributed by atoms with Gasteiger partial charge in [0.2, 0.25) is 0 Å². The minimum atomic E-state index is 0.619. The summed E-state index contributed by atoms with van der Waals surface area (Å²) in [5, 5.41) is 17.0. The van der Waals surface area contributed by atoms with Gasteiger partial charge in [-0.15, -0.1) is 0 Å². The van der Waals surface area contributed by atoms with Gasteiger partial charge in [-0.05, 0) is 92.7 Å². The third kappa shape index (κ3) is 5.16. The molecule has 258 valence electrons. The molecular weight excluding hydrogens is 683 g/mol. The first-order valence-electron chi connectivity index (χ1n) is 18.6. The molecule has 0 bridgehead atoms. The van der Waals surface area contributed by atoms with Crippen molar-refractivity contribution in [2.75, 3.05) is 0 Å². The predicted molar refractivity (Wildman–Crippen MR) is 229 cm³/mol. The summed E-state index contributed by atoms with van der Waals surface area (Å²) in [6, 6.07) is 59.4. The topological polar surface area (TPSA) is 75.3 Å². The Labute approximate surface area is 321 Å². The van der Waals surface area contributed by atoms with Crippen molar-refractivity contribution >= 4 is 65.3 Å². The number of hydrogen-bond acceptors (Lipinski definition) is 5. The highest BCUT2D eigenvalue weighted by Gasteiger charge is 2.15. The maximum absolute atomic E-state index is 9.48. The molecule has 11 rings (SSSR count). The van der Waals surface area contributed by atoms with Gasteiger partial charge < -0.3 is 0 Å². The maximum Gasteiger partial charge on any atom is 0.0991 e. The molecule has 4 heterocycles. The van der Waals surface area contributed by atoms with E-state index in [1.54, 1.807) is 0 Å². The first-order valence-corrected chi connectivity index (χ1v) is 18.6. The number of nitriles is 1. The van der Waals surface area contributed by atoms with Crippen LogP contribution in [0, 0.1) is 11.3 Å². The second-order valence-corrected chi connectivity index (χ2v) is 14.2. The van der Waals surface area contributed by atoms with E-state index in [0.717, 1.165) is 88.0 Å². The number of nitrogens with zero attached hydrogens (tertiary/aromatic N) is 5. The van der Waals surface area contributed by atoms with Crippen molar-refractivity contribution < 1.29 is 0 Å². The average molecular weight is 712 g/mol. The van der Waals surface area contributed by atoms with Gasteiger partial charge >= 0.3 is 0 Å². The number of rotatable bonds is 4. The normalized spacial score (nSPS) is 11.6. The second kappa shape index (κ2) is 12.7. The Balaban J connectivity index is 0.951. The lowest BCUT2D eigenvalue weighted by atomic mass is 9.90. The summed E-state index contributed by atoms with van der Waals surface area (Å²) in [5.74, 6) is 0. The standard InChI is InChI=1S/C51H29N5/c52-30-31-9-23-47-38(27-31)28-39-29-45(44-8-4-26-54-51(44)50(39)56-47)34-12-10-32(11-13-34)40-21-22-41(43-7-2-1-6-42(40)43)33-14-16-35(17-15-33)46-24-20-37-19-18-36-5-3-25-53-48(36)49(37)55-46/h1-29H. The van der Waals surface area contributed by atoms with Crippen LogP contribution < -0.4 is 0 Å². The van der Waals surface area contributed by atoms with Gasteiger partial charge in [0.1, 0.15) is 0 Å². The first kappa shape index (κ1) is 31.7. The Morgan fingerprint density at radius 1 is 0.375 bits per heavy atom. The fourth-order valence-electron chi connectivity index (χ4n) is 8.18. The van der Waals surface area contributed by atoms with Crippen molar-refractivity contribution in [1.82, 2.24) is 19.9 Å². The van der Waals surface area contributed by atoms with Crippen LogP contribution in [0.3, 0.4) is 0 Å². The number of pyridine rings is 4. The summed E-state index contributed by atoms with van der Waals surface area (Å²) in [6.45, 7) is 0. The molecule has 0 unspecified atom stereocenters. The van der Waals surface area contributed by atoms with Gasteiger partial charge in [-0.25, -0.2) is 9.97 Å². The summed E-state index contributed by atoms with van der Waals surface area (Å²) in [6.07, 6.45) is 3.65. The van der Waals surface area contributed by atoms with Crippen molar-refractivity contribution in [3.63, 3.8) is 0 Å². The molecule has 0 spiro atoms. The molecular formula is C51H29N5.